The van der Waals surface area contributed by atoms with Crippen molar-refractivity contribution in [1.29, 1.82) is 0 Å². The molecule has 1 aromatic heterocycles. The molecule has 0 unspecified atom stereocenters. The number of unbranched alkanes of at least 4 members (excludes halogenated alkanes) is 1. The number of benzene rings is 1. The van der Waals surface area contributed by atoms with E-state index in [2.05, 4.69) is 27.5 Å². The number of hydrogen-bond acceptors (Lipinski definition) is 2. The molecule has 0 aliphatic rings. The van der Waals surface area contributed by atoms with E-state index in [4.69, 9.17) is 0 Å². The van der Waals surface area contributed by atoms with E-state index < -0.39 is 0 Å². The Morgan fingerprint density at radius 1 is 1.47 bits per heavy atom. The third-order valence-electron chi connectivity index (χ3n) is 2.59. The number of aryl methyl sites for hydroxylation is 1. The van der Waals surface area contributed by atoms with Crippen LogP contribution in [0.4, 0.5) is 0 Å². The van der Waals surface area contributed by atoms with E-state index in [9.17, 15) is 4.79 Å². The predicted octanol–water partition coefficient (Wildman–Crippen LogP) is 3.13. The van der Waals surface area contributed by atoms with Gasteiger partial charge in [-0.2, -0.15) is 0 Å². The molecule has 0 saturated heterocycles. The maximum atomic E-state index is 12.2. The van der Waals surface area contributed by atoms with Gasteiger partial charge in [-0.1, -0.05) is 22.0 Å². The molecule has 17 heavy (non-hydrogen) atoms. The van der Waals surface area contributed by atoms with Crippen LogP contribution in [0.2, 0.25) is 0 Å². The molecule has 1 aromatic carbocycles. The molecule has 88 valence electrons. The summed E-state index contributed by atoms with van der Waals surface area (Å²) >= 11 is 3.37. The molecule has 4 heteroatoms. The van der Waals surface area contributed by atoms with Crippen molar-refractivity contribution in [3.8, 4) is 0 Å². The number of allylic oxidation sites excluding steroid dienone is 1. The Labute approximate surface area is 108 Å². The van der Waals surface area contributed by atoms with Gasteiger partial charge in [0.05, 0.1) is 17.2 Å². The summed E-state index contributed by atoms with van der Waals surface area (Å²) < 4.78 is 2.55. The van der Waals surface area contributed by atoms with Crippen LogP contribution in [0.15, 0.2) is 46.4 Å². The first-order valence-corrected chi connectivity index (χ1v) is 6.27. The molecular weight excluding hydrogens is 280 g/mol. The fourth-order valence-corrected chi connectivity index (χ4v) is 2.06. The molecule has 0 aliphatic heterocycles. The van der Waals surface area contributed by atoms with Crippen molar-refractivity contribution in [3.63, 3.8) is 0 Å². The summed E-state index contributed by atoms with van der Waals surface area (Å²) in [6.07, 6.45) is 5.28. The SMILES string of the molecule is C=CCCCn1cnc2ccc(Br)cc2c1=O. The number of halogens is 1. The zero-order valence-corrected chi connectivity index (χ0v) is 11.0. The second kappa shape index (κ2) is 5.27. The molecule has 1 heterocycles. The quantitative estimate of drug-likeness (QED) is 0.641. The Balaban J connectivity index is 2.42. The first kappa shape index (κ1) is 12.0. The van der Waals surface area contributed by atoms with Gasteiger partial charge in [-0.3, -0.25) is 9.36 Å². The number of aromatic nitrogens is 2. The van der Waals surface area contributed by atoms with Crippen molar-refractivity contribution in [2.24, 2.45) is 0 Å². The molecule has 3 nitrogen and oxygen atoms in total. The van der Waals surface area contributed by atoms with Gasteiger partial charge in [0.15, 0.2) is 0 Å². The molecule has 0 spiro atoms. The van der Waals surface area contributed by atoms with E-state index in [1.165, 1.54) is 0 Å². The van der Waals surface area contributed by atoms with E-state index in [0.717, 1.165) is 22.8 Å². The smallest absolute Gasteiger partial charge is 0.261 e. The van der Waals surface area contributed by atoms with Gasteiger partial charge in [-0.25, -0.2) is 4.98 Å². The van der Waals surface area contributed by atoms with Crippen molar-refractivity contribution < 1.29 is 0 Å². The maximum Gasteiger partial charge on any atom is 0.261 e. The number of fused-ring (bicyclic) bond motifs is 1. The van der Waals surface area contributed by atoms with E-state index >= 15 is 0 Å². The van der Waals surface area contributed by atoms with Gasteiger partial charge in [0, 0.05) is 11.0 Å². The minimum absolute atomic E-state index is 0.0142. The fourth-order valence-electron chi connectivity index (χ4n) is 1.70. The van der Waals surface area contributed by atoms with Gasteiger partial charge in [0.25, 0.3) is 5.56 Å². The lowest BCUT2D eigenvalue weighted by Gasteiger charge is -2.05. The van der Waals surface area contributed by atoms with Crippen LogP contribution in [-0.4, -0.2) is 9.55 Å². The highest BCUT2D eigenvalue weighted by Crippen LogP contribution is 2.14. The average Bonchev–Trinajstić information content (AvgIpc) is 2.33. The van der Waals surface area contributed by atoms with E-state index in [-0.39, 0.29) is 5.56 Å². The van der Waals surface area contributed by atoms with Crippen molar-refractivity contribution >= 4 is 26.8 Å². The van der Waals surface area contributed by atoms with Gasteiger partial charge < -0.3 is 0 Å². The molecule has 0 atom stereocenters. The zero-order valence-electron chi connectivity index (χ0n) is 9.40. The second-order valence-electron chi connectivity index (χ2n) is 3.84. The molecule has 2 rings (SSSR count). The number of hydrogen-bond donors (Lipinski definition) is 0. The Morgan fingerprint density at radius 2 is 2.29 bits per heavy atom. The van der Waals surface area contributed by atoms with E-state index in [1.54, 1.807) is 10.9 Å². The van der Waals surface area contributed by atoms with Crippen LogP contribution in [0.5, 0.6) is 0 Å². The highest BCUT2D eigenvalue weighted by molar-refractivity contribution is 9.10. The third kappa shape index (κ3) is 2.64. The normalized spacial score (nSPS) is 10.6. The summed E-state index contributed by atoms with van der Waals surface area (Å²) in [6.45, 7) is 4.35. The van der Waals surface area contributed by atoms with Crippen LogP contribution in [0, 0.1) is 0 Å². The van der Waals surface area contributed by atoms with Crippen molar-refractivity contribution in [3.05, 3.63) is 52.0 Å². The highest BCUT2D eigenvalue weighted by Gasteiger charge is 2.03. The largest absolute Gasteiger partial charge is 0.299 e. The van der Waals surface area contributed by atoms with Crippen LogP contribution < -0.4 is 5.56 Å². The number of rotatable bonds is 4. The summed E-state index contributed by atoms with van der Waals surface area (Å²) in [5, 5.41) is 0.653. The Morgan fingerprint density at radius 3 is 3.06 bits per heavy atom. The summed E-state index contributed by atoms with van der Waals surface area (Å²) in [5.41, 5.74) is 0.749. The second-order valence-corrected chi connectivity index (χ2v) is 4.75. The molecule has 0 bridgehead atoms. The van der Waals surface area contributed by atoms with Crippen LogP contribution in [0.3, 0.4) is 0 Å². The zero-order chi connectivity index (χ0) is 12.3. The van der Waals surface area contributed by atoms with Crippen LogP contribution in [0.25, 0.3) is 10.9 Å². The fraction of sp³-hybridized carbons (Fsp3) is 0.231. The summed E-state index contributed by atoms with van der Waals surface area (Å²) in [4.78, 5) is 16.4. The molecular formula is C13H13BrN2O. The summed E-state index contributed by atoms with van der Waals surface area (Å²) in [7, 11) is 0. The van der Waals surface area contributed by atoms with Gasteiger partial charge in [0.2, 0.25) is 0 Å². The summed E-state index contributed by atoms with van der Waals surface area (Å²) in [6, 6.07) is 5.54. The lowest BCUT2D eigenvalue weighted by atomic mass is 10.2. The molecule has 0 fully saturated rings. The predicted molar refractivity (Wildman–Crippen MR) is 73.1 cm³/mol. The summed E-state index contributed by atoms with van der Waals surface area (Å²) in [5.74, 6) is 0. The molecule has 0 N–H and O–H groups in total. The Bertz CT molecular complexity index is 604. The lowest BCUT2D eigenvalue weighted by molar-refractivity contribution is 0.624. The van der Waals surface area contributed by atoms with Gasteiger partial charge in [0.1, 0.15) is 0 Å². The van der Waals surface area contributed by atoms with Crippen molar-refractivity contribution in [2.45, 2.75) is 19.4 Å². The third-order valence-corrected chi connectivity index (χ3v) is 3.09. The minimum Gasteiger partial charge on any atom is -0.299 e. The monoisotopic (exact) mass is 292 g/mol. The van der Waals surface area contributed by atoms with Gasteiger partial charge >= 0.3 is 0 Å². The first-order valence-electron chi connectivity index (χ1n) is 5.48. The van der Waals surface area contributed by atoms with Crippen LogP contribution in [0.1, 0.15) is 12.8 Å². The topological polar surface area (TPSA) is 34.9 Å². The van der Waals surface area contributed by atoms with E-state index in [0.29, 0.717) is 11.9 Å². The molecule has 0 radical (unpaired) electrons. The first-order chi connectivity index (χ1) is 8.22. The van der Waals surface area contributed by atoms with E-state index in [1.807, 2.05) is 24.3 Å². The standard InChI is InChI=1S/C13H13BrN2O/c1-2-3-4-7-16-9-15-12-6-5-10(14)8-11(12)13(16)17/h2,5-6,8-9H,1,3-4,7H2. The molecule has 0 saturated carbocycles. The maximum absolute atomic E-state index is 12.2. The van der Waals surface area contributed by atoms with Crippen molar-refractivity contribution in [1.82, 2.24) is 9.55 Å². The lowest BCUT2D eigenvalue weighted by Crippen LogP contribution is -2.20. The molecule has 2 aromatic rings. The Kier molecular flexibility index (Phi) is 3.74. The average molecular weight is 293 g/mol. The highest BCUT2D eigenvalue weighted by atomic mass is 79.9. The number of nitrogens with zero attached hydrogens (tertiary/aromatic N) is 2. The van der Waals surface area contributed by atoms with Crippen LogP contribution >= 0.6 is 15.9 Å². The van der Waals surface area contributed by atoms with Gasteiger partial charge in [-0.05, 0) is 31.0 Å². The minimum atomic E-state index is 0.0142. The molecule has 0 amide bonds. The van der Waals surface area contributed by atoms with Gasteiger partial charge in [-0.15, -0.1) is 6.58 Å². The Hall–Kier alpha value is -1.42. The molecule has 0 aliphatic carbocycles. The van der Waals surface area contributed by atoms with Crippen LogP contribution in [-0.2, 0) is 6.54 Å². The van der Waals surface area contributed by atoms with Crippen molar-refractivity contribution in [2.75, 3.05) is 0 Å².